The van der Waals surface area contributed by atoms with Gasteiger partial charge in [0.15, 0.2) is 0 Å². The van der Waals surface area contributed by atoms with Crippen LogP contribution in [-0.4, -0.2) is 24.5 Å². The van der Waals surface area contributed by atoms with Crippen molar-refractivity contribution in [3.63, 3.8) is 0 Å². The molecular weight excluding hydrogens is 158 g/mol. The average Bonchev–Trinajstić information content (AvgIpc) is 2.37. The van der Waals surface area contributed by atoms with Crippen molar-refractivity contribution in [1.29, 1.82) is 0 Å². The molecule has 1 aliphatic heterocycles. The fourth-order valence-corrected chi connectivity index (χ4v) is 0.998. The van der Waals surface area contributed by atoms with Gasteiger partial charge in [-0.2, -0.15) is 0 Å². The summed E-state index contributed by atoms with van der Waals surface area (Å²) in [6, 6.07) is -0.450. The number of cyclic esters (lactones) is 1. The summed E-state index contributed by atoms with van der Waals surface area (Å²) >= 11 is 0. The summed E-state index contributed by atoms with van der Waals surface area (Å²) in [4.78, 5) is 21.8. The molecule has 0 aromatic heterocycles. The lowest BCUT2D eigenvalue weighted by Crippen LogP contribution is -2.36. The Bertz CT molecular complexity index is 222. The zero-order valence-electron chi connectivity index (χ0n) is 6.87. The van der Waals surface area contributed by atoms with Crippen molar-refractivity contribution >= 4 is 11.9 Å². The number of allylic oxidation sites excluding steroid dienone is 1. The first-order valence-corrected chi connectivity index (χ1v) is 3.84. The van der Waals surface area contributed by atoms with Crippen LogP contribution in [0.25, 0.3) is 0 Å². The summed E-state index contributed by atoms with van der Waals surface area (Å²) in [5.74, 6) is -0.589. The van der Waals surface area contributed by atoms with Gasteiger partial charge in [0.1, 0.15) is 6.04 Å². The van der Waals surface area contributed by atoms with E-state index in [2.05, 4.69) is 10.1 Å². The topological polar surface area (TPSA) is 55.4 Å². The van der Waals surface area contributed by atoms with E-state index >= 15 is 0 Å². The van der Waals surface area contributed by atoms with E-state index in [1.54, 1.807) is 13.0 Å². The standard InChI is InChI=1S/C8H11NO3/c1-2-3-7(10)9-6-4-5-12-8(6)11/h2-3,6H,4-5H2,1H3,(H,9,10)/b3-2+. The van der Waals surface area contributed by atoms with E-state index < -0.39 is 6.04 Å². The second-order valence-electron chi connectivity index (χ2n) is 2.52. The summed E-state index contributed by atoms with van der Waals surface area (Å²) in [6.07, 6.45) is 3.57. The molecule has 1 aliphatic rings. The van der Waals surface area contributed by atoms with Crippen molar-refractivity contribution in [2.45, 2.75) is 19.4 Å². The van der Waals surface area contributed by atoms with Gasteiger partial charge in [-0.05, 0) is 13.0 Å². The molecule has 1 atom stereocenters. The number of carbonyl (C=O) groups excluding carboxylic acids is 2. The molecule has 4 nitrogen and oxygen atoms in total. The van der Waals surface area contributed by atoms with Crippen LogP contribution in [0, 0.1) is 0 Å². The van der Waals surface area contributed by atoms with Crippen LogP contribution in [0.1, 0.15) is 13.3 Å². The lowest BCUT2D eigenvalue weighted by Gasteiger charge is -2.04. The maximum atomic E-state index is 10.9. The zero-order valence-corrected chi connectivity index (χ0v) is 6.87. The molecule has 1 N–H and O–H groups in total. The molecule has 0 spiro atoms. The molecule has 0 saturated carbocycles. The fourth-order valence-electron chi connectivity index (χ4n) is 0.998. The maximum absolute atomic E-state index is 10.9. The third-order valence-electron chi connectivity index (χ3n) is 1.57. The second kappa shape index (κ2) is 3.90. The van der Waals surface area contributed by atoms with Crippen LogP contribution in [0.5, 0.6) is 0 Å². The van der Waals surface area contributed by atoms with E-state index in [4.69, 9.17) is 0 Å². The molecule has 1 rings (SSSR count). The monoisotopic (exact) mass is 169 g/mol. The molecule has 0 aromatic carbocycles. The number of ether oxygens (including phenoxy) is 1. The Balaban J connectivity index is 2.40. The van der Waals surface area contributed by atoms with Gasteiger partial charge in [0.2, 0.25) is 5.91 Å². The van der Waals surface area contributed by atoms with Gasteiger partial charge in [0.05, 0.1) is 6.61 Å². The Labute approximate surface area is 70.6 Å². The van der Waals surface area contributed by atoms with Gasteiger partial charge < -0.3 is 10.1 Å². The molecule has 0 radical (unpaired) electrons. The molecule has 1 fully saturated rings. The van der Waals surface area contributed by atoms with Crippen LogP contribution in [0.2, 0.25) is 0 Å². The average molecular weight is 169 g/mol. The third kappa shape index (κ3) is 2.08. The Morgan fingerprint density at radius 3 is 3.00 bits per heavy atom. The molecule has 0 aliphatic carbocycles. The smallest absolute Gasteiger partial charge is 0.328 e. The third-order valence-corrected chi connectivity index (χ3v) is 1.57. The Morgan fingerprint density at radius 1 is 1.75 bits per heavy atom. The highest BCUT2D eigenvalue weighted by Crippen LogP contribution is 2.05. The molecule has 1 heterocycles. The van der Waals surface area contributed by atoms with Gasteiger partial charge in [0.25, 0.3) is 0 Å². The molecule has 4 heteroatoms. The molecule has 0 aromatic rings. The molecular formula is C8H11NO3. The normalized spacial score (nSPS) is 22.8. The second-order valence-corrected chi connectivity index (χ2v) is 2.52. The van der Waals surface area contributed by atoms with Crippen LogP contribution in [0.15, 0.2) is 12.2 Å². The minimum atomic E-state index is -0.450. The summed E-state index contributed by atoms with van der Waals surface area (Å²) in [5.41, 5.74) is 0. The van der Waals surface area contributed by atoms with Crippen molar-refractivity contribution < 1.29 is 14.3 Å². The highest BCUT2D eigenvalue weighted by molar-refractivity contribution is 5.91. The summed E-state index contributed by atoms with van der Waals surface area (Å²) in [6.45, 7) is 2.15. The van der Waals surface area contributed by atoms with Crippen molar-refractivity contribution in [3.05, 3.63) is 12.2 Å². The number of hydrogen-bond donors (Lipinski definition) is 1. The summed E-state index contributed by atoms with van der Waals surface area (Å²) in [7, 11) is 0. The number of nitrogens with one attached hydrogen (secondary N) is 1. The number of rotatable bonds is 2. The molecule has 0 bridgehead atoms. The van der Waals surface area contributed by atoms with Gasteiger partial charge in [0, 0.05) is 6.42 Å². The van der Waals surface area contributed by atoms with E-state index in [0.717, 1.165) is 0 Å². The molecule has 66 valence electrons. The quantitative estimate of drug-likeness (QED) is 0.467. The van der Waals surface area contributed by atoms with Crippen LogP contribution in [-0.2, 0) is 14.3 Å². The number of hydrogen-bond acceptors (Lipinski definition) is 3. The van der Waals surface area contributed by atoms with Gasteiger partial charge in [-0.25, -0.2) is 4.79 Å². The van der Waals surface area contributed by atoms with E-state index in [9.17, 15) is 9.59 Å². The van der Waals surface area contributed by atoms with Crippen molar-refractivity contribution in [1.82, 2.24) is 5.32 Å². The van der Waals surface area contributed by atoms with Crippen LogP contribution < -0.4 is 5.32 Å². The number of amides is 1. The largest absolute Gasteiger partial charge is 0.464 e. The van der Waals surface area contributed by atoms with Crippen molar-refractivity contribution in [3.8, 4) is 0 Å². The van der Waals surface area contributed by atoms with Gasteiger partial charge in [-0.15, -0.1) is 0 Å². The van der Waals surface area contributed by atoms with E-state index in [1.165, 1.54) is 6.08 Å². The van der Waals surface area contributed by atoms with Crippen LogP contribution in [0.4, 0.5) is 0 Å². The van der Waals surface area contributed by atoms with Gasteiger partial charge in [-0.1, -0.05) is 6.08 Å². The molecule has 1 saturated heterocycles. The number of carbonyl (C=O) groups is 2. The highest BCUT2D eigenvalue weighted by atomic mass is 16.5. The van der Waals surface area contributed by atoms with Crippen LogP contribution in [0.3, 0.4) is 0 Å². The van der Waals surface area contributed by atoms with E-state index in [0.29, 0.717) is 13.0 Å². The first-order valence-electron chi connectivity index (χ1n) is 3.84. The Morgan fingerprint density at radius 2 is 2.50 bits per heavy atom. The molecule has 1 amide bonds. The number of esters is 1. The fraction of sp³-hybridized carbons (Fsp3) is 0.500. The maximum Gasteiger partial charge on any atom is 0.328 e. The minimum absolute atomic E-state index is 0.249. The predicted octanol–water partition coefficient (Wildman–Crippen LogP) is -0.00580. The van der Waals surface area contributed by atoms with Crippen molar-refractivity contribution in [2.75, 3.05) is 6.61 Å². The van der Waals surface area contributed by atoms with Crippen molar-refractivity contribution in [2.24, 2.45) is 0 Å². The summed E-state index contributed by atoms with van der Waals surface area (Å²) < 4.78 is 4.67. The highest BCUT2D eigenvalue weighted by Gasteiger charge is 2.26. The molecule has 1 unspecified atom stereocenters. The van der Waals surface area contributed by atoms with E-state index in [1.807, 2.05) is 0 Å². The summed E-state index contributed by atoms with van der Waals surface area (Å²) in [5, 5.41) is 2.53. The lowest BCUT2D eigenvalue weighted by molar-refractivity contribution is -0.140. The van der Waals surface area contributed by atoms with Gasteiger partial charge >= 0.3 is 5.97 Å². The Hall–Kier alpha value is -1.32. The Kier molecular flexibility index (Phi) is 2.85. The van der Waals surface area contributed by atoms with Gasteiger partial charge in [-0.3, -0.25) is 4.79 Å². The first kappa shape index (κ1) is 8.77. The lowest BCUT2D eigenvalue weighted by atomic mass is 10.2. The predicted molar refractivity (Wildman–Crippen MR) is 42.3 cm³/mol. The van der Waals surface area contributed by atoms with E-state index in [-0.39, 0.29) is 11.9 Å². The SMILES string of the molecule is C/C=C/C(=O)NC1CCOC1=O. The molecule has 12 heavy (non-hydrogen) atoms. The minimum Gasteiger partial charge on any atom is -0.464 e. The first-order chi connectivity index (χ1) is 5.74. The van der Waals surface area contributed by atoms with Crippen LogP contribution >= 0.6 is 0 Å². The zero-order chi connectivity index (χ0) is 8.97.